The molecule has 0 radical (unpaired) electrons. The van der Waals surface area contributed by atoms with Gasteiger partial charge in [0.2, 0.25) is 11.8 Å². The lowest BCUT2D eigenvalue weighted by Crippen LogP contribution is -2.58. The highest BCUT2D eigenvalue weighted by Gasteiger charge is 2.35. The molecule has 31 heavy (non-hydrogen) atoms. The smallest absolute Gasteiger partial charge is 0.308 e. The van der Waals surface area contributed by atoms with Gasteiger partial charge in [-0.25, -0.2) is 4.98 Å². The molecule has 1 aromatic carbocycles. The molecule has 9 nitrogen and oxygen atoms in total. The van der Waals surface area contributed by atoms with Gasteiger partial charge in [-0.1, -0.05) is 37.7 Å². The van der Waals surface area contributed by atoms with E-state index in [1.165, 1.54) is 12.0 Å². The minimum atomic E-state index is -0.906. The van der Waals surface area contributed by atoms with Crippen LogP contribution in [0.2, 0.25) is 0 Å². The van der Waals surface area contributed by atoms with E-state index in [1.807, 2.05) is 19.9 Å². The van der Waals surface area contributed by atoms with Gasteiger partial charge in [-0.05, 0) is 18.1 Å². The molecule has 1 aliphatic rings. The van der Waals surface area contributed by atoms with Crippen LogP contribution >= 0.6 is 11.8 Å². The van der Waals surface area contributed by atoms with Gasteiger partial charge in [0.1, 0.15) is 6.04 Å². The van der Waals surface area contributed by atoms with Crippen molar-refractivity contribution in [1.29, 1.82) is 0 Å². The summed E-state index contributed by atoms with van der Waals surface area (Å²) in [7, 11) is 1.24. The number of hydrogen-bond acceptors (Lipinski definition) is 7. The molecule has 1 N–H and O–H groups in total. The molecule has 0 saturated carbocycles. The molecule has 3 rings (SSSR count). The molecule has 0 aliphatic carbocycles. The Morgan fingerprint density at radius 2 is 2.03 bits per heavy atom. The van der Waals surface area contributed by atoms with Crippen molar-refractivity contribution in [1.82, 2.24) is 19.8 Å². The number of nitrogens with one attached hydrogen (secondary N) is 1. The first-order chi connectivity index (χ1) is 14.8. The van der Waals surface area contributed by atoms with Crippen LogP contribution < -0.4 is 10.9 Å². The largest absolute Gasteiger partial charge is 0.469 e. The zero-order chi connectivity index (χ0) is 22.5. The normalized spacial score (nSPS) is 16.5. The van der Waals surface area contributed by atoms with Gasteiger partial charge >= 0.3 is 5.97 Å². The Kier molecular flexibility index (Phi) is 7.32. The second kappa shape index (κ2) is 9.95. The number of ether oxygens (including phenoxy) is 1. The second-order valence-electron chi connectivity index (χ2n) is 7.68. The van der Waals surface area contributed by atoms with Gasteiger partial charge < -0.3 is 15.0 Å². The summed E-state index contributed by atoms with van der Waals surface area (Å²) in [6, 6.07) is 6.21. The summed E-state index contributed by atoms with van der Waals surface area (Å²) in [5.74, 6) is -1.03. The van der Waals surface area contributed by atoms with Crippen LogP contribution in [0.25, 0.3) is 10.9 Å². The zero-order valence-electron chi connectivity index (χ0n) is 17.8. The van der Waals surface area contributed by atoms with E-state index < -0.39 is 12.0 Å². The number of thioether (sulfide) groups is 1. The van der Waals surface area contributed by atoms with Crippen molar-refractivity contribution < 1.29 is 19.1 Å². The third-order valence-corrected chi connectivity index (χ3v) is 5.90. The maximum Gasteiger partial charge on any atom is 0.308 e. The fourth-order valence-corrected chi connectivity index (χ4v) is 4.35. The number of fused-ring (bicyclic) bond motifs is 1. The van der Waals surface area contributed by atoms with Gasteiger partial charge in [0, 0.05) is 19.6 Å². The van der Waals surface area contributed by atoms with E-state index in [9.17, 15) is 19.2 Å². The standard InChI is InChI=1S/C21H26N4O5S/c1-13(2)11-25-20(29)14-6-4-5-7-15(14)23-21(25)31-12-17(26)24-9-8-22-19(28)16(24)10-18(27)30-3/h4-7,13,16H,8-12H2,1-3H3,(H,22,28)/t16-/m1/s1. The highest BCUT2D eigenvalue weighted by molar-refractivity contribution is 7.99. The molecule has 0 bridgehead atoms. The average Bonchev–Trinajstić information content (AvgIpc) is 2.75. The third-order valence-electron chi connectivity index (χ3n) is 4.94. The maximum atomic E-state index is 13.0. The van der Waals surface area contributed by atoms with Crippen molar-refractivity contribution in [3.63, 3.8) is 0 Å². The molecule has 2 heterocycles. The van der Waals surface area contributed by atoms with E-state index in [0.717, 1.165) is 11.8 Å². The SMILES string of the molecule is COC(=O)C[C@@H]1C(=O)NCCN1C(=O)CSc1nc2ccccc2c(=O)n1CC(C)C. The van der Waals surface area contributed by atoms with E-state index in [0.29, 0.717) is 35.7 Å². The summed E-state index contributed by atoms with van der Waals surface area (Å²) in [4.78, 5) is 55.8. The highest BCUT2D eigenvalue weighted by atomic mass is 32.2. The number of rotatable bonds is 7. The average molecular weight is 447 g/mol. The Morgan fingerprint density at radius 3 is 2.74 bits per heavy atom. The molecule has 2 aromatic rings. The van der Waals surface area contributed by atoms with Crippen molar-refractivity contribution in [3.05, 3.63) is 34.6 Å². The molecule has 10 heteroatoms. The number of carbonyl (C=O) groups is 3. The fourth-order valence-electron chi connectivity index (χ4n) is 3.45. The summed E-state index contributed by atoms with van der Waals surface area (Å²) in [5.41, 5.74) is 0.429. The van der Waals surface area contributed by atoms with Gasteiger partial charge in [-0.15, -0.1) is 0 Å². The molecule has 1 saturated heterocycles. The molecule has 0 unspecified atom stereocenters. The van der Waals surface area contributed by atoms with Crippen LogP contribution in [0.4, 0.5) is 0 Å². The monoisotopic (exact) mass is 446 g/mol. The summed E-state index contributed by atoms with van der Waals surface area (Å²) < 4.78 is 6.25. The topological polar surface area (TPSA) is 111 Å². The van der Waals surface area contributed by atoms with Crippen molar-refractivity contribution in [2.75, 3.05) is 26.0 Å². The van der Waals surface area contributed by atoms with E-state index in [2.05, 4.69) is 15.0 Å². The van der Waals surface area contributed by atoms with E-state index in [4.69, 9.17) is 0 Å². The van der Waals surface area contributed by atoms with Crippen molar-refractivity contribution in [3.8, 4) is 0 Å². The van der Waals surface area contributed by atoms with Crippen LogP contribution in [0.3, 0.4) is 0 Å². The predicted molar refractivity (Wildman–Crippen MR) is 117 cm³/mol. The first-order valence-corrected chi connectivity index (χ1v) is 11.1. The Hall–Kier alpha value is -2.88. The predicted octanol–water partition coefficient (Wildman–Crippen LogP) is 1.03. The van der Waals surface area contributed by atoms with Gasteiger partial charge in [-0.3, -0.25) is 23.7 Å². The first-order valence-electron chi connectivity index (χ1n) is 10.1. The zero-order valence-corrected chi connectivity index (χ0v) is 18.6. The van der Waals surface area contributed by atoms with Crippen LogP contribution in [0.5, 0.6) is 0 Å². The molecule has 166 valence electrons. The van der Waals surface area contributed by atoms with Crippen LogP contribution in [0.15, 0.2) is 34.2 Å². The number of carbonyl (C=O) groups excluding carboxylic acids is 3. The lowest BCUT2D eigenvalue weighted by atomic mass is 10.1. The van der Waals surface area contributed by atoms with Gasteiger partial charge in [0.25, 0.3) is 5.56 Å². The number of aromatic nitrogens is 2. The van der Waals surface area contributed by atoms with Crippen LogP contribution in [-0.4, -0.2) is 64.2 Å². The molecule has 2 amide bonds. The van der Waals surface area contributed by atoms with Gasteiger partial charge in [-0.2, -0.15) is 0 Å². The molecular formula is C21H26N4O5S. The number of nitrogens with zero attached hydrogens (tertiary/aromatic N) is 3. The van der Waals surface area contributed by atoms with E-state index in [-0.39, 0.29) is 35.5 Å². The lowest BCUT2D eigenvalue weighted by molar-refractivity contribution is -0.149. The van der Waals surface area contributed by atoms with Crippen LogP contribution in [0.1, 0.15) is 20.3 Å². The number of methoxy groups -OCH3 is 1. The summed E-state index contributed by atoms with van der Waals surface area (Å²) in [5, 5.41) is 3.66. The fraction of sp³-hybridized carbons (Fsp3) is 0.476. The van der Waals surface area contributed by atoms with Crippen LogP contribution in [-0.2, 0) is 25.7 Å². The van der Waals surface area contributed by atoms with Crippen molar-refractivity contribution in [2.45, 2.75) is 38.0 Å². The minimum Gasteiger partial charge on any atom is -0.469 e. The number of piperazine rings is 1. The molecule has 1 aliphatic heterocycles. The first kappa shape index (κ1) is 22.8. The van der Waals surface area contributed by atoms with Crippen molar-refractivity contribution >= 4 is 40.4 Å². The summed E-state index contributed by atoms with van der Waals surface area (Å²) in [6.07, 6.45) is -0.203. The minimum absolute atomic E-state index is 0.00612. The van der Waals surface area contributed by atoms with E-state index in [1.54, 1.807) is 22.8 Å². The number of benzene rings is 1. The maximum absolute atomic E-state index is 13.0. The number of amides is 2. The lowest BCUT2D eigenvalue weighted by Gasteiger charge is -2.34. The number of para-hydroxylation sites is 1. The quantitative estimate of drug-likeness (QED) is 0.384. The summed E-state index contributed by atoms with van der Waals surface area (Å²) >= 11 is 1.16. The van der Waals surface area contributed by atoms with Gasteiger partial charge in [0.05, 0.1) is 30.2 Å². The summed E-state index contributed by atoms with van der Waals surface area (Å²) in [6.45, 7) is 5.11. The molecule has 0 spiro atoms. The second-order valence-corrected chi connectivity index (χ2v) is 8.63. The molecule has 1 atom stereocenters. The Balaban J connectivity index is 1.83. The Labute approximate surface area is 184 Å². The van der Waals surface area contributed by atoms with E-state index >= 15 is 0 Å². The molecule has 1 aromatic heterocycles. The van der Waals surface area contributed by atoms with Crippen LogP contribution in [0, 0.1) is 5.92 Å². The Bertz CT molecular complexity index is 1050. The highest BCUT2D eigenvalue weighted by Crippen LogP contribution is 2.21. The molecule has 1 fully saturated rings. The Morgan fingerprint density at radius 1 is 1.29 bits per heavy atom. The van der Waals surface area contributed by atoms with Crippen molar-refractivity contribution in [2.24, 2.45) is 5.92 Å². The number of hydrogen-bond donors (Lipinski definition) is 1. The third kappa shape index (κ3) is 5.25. The molecular weight excluding hydrogens is 420 g/mol. The number of esters is 1. The van der Waals surface area contributed by atoms with Gasteiger partial charge in [0.15, 0.2) is 5.16 Å².